The number of rotatable bonds is 8. The standard InChI is InChI=1S/C53H38N6/c1-3-11-35(12-4-1)47-54-49(56-50(55-47)38-24-26-45(27-25-38)53-31-43-30-44(32-53)46(43)53)37-21-18-34(19-22-37)40-16-9-17-41(28-40)51-57-48(36-13-5-2-6-14-36)58-52(59-51)42-23-20-33-10-7-8-15-39(33)29-42/h1-29,43-44,46H,30-32H2. The number of fused-ring (bicyclic) bond motifs is 1. The first-order chi connectivity index (χ1) is 29.1. The van der Waals surface area contributed by atoms with E-state index in [-0.39, 0.29) is 0 Å². The summed E-state index contributed by atoms with van der Waals surface area (Å²) in [6.07, 6.45) is 4.18. The summed E-state index contributed by atoms with van der Waals surface area (Å²) in [6, 6.07) is 61.0. The quantitative estimate of drug-likeness (QED) is 0.154. The van der Waals surface area contributed by atoms with Gasteiger partial charge in [0.2, 0.25) is 0 Å². The number of hydrogen-bond donors (Lipinski definition) is 0. The lowest BCUT2D eigenvalue weighted by molar-refractivity contribution is -0.219. The number of aromatic nitrogens is 6. The summed E-state index contributed by atoms with van der Waals surface area (Å²) in [4.78, 5) is 30.1. The highest BCUT2D eigenvalue weighted by atomic mass is 15.0. The molecule has 0 amide bonds. The van der Waals surface area contributed by atoms with E-state index in [0.29, 0.717) is 40.4 Å². The zero-order chi connectivity index (χ0) is 38.9. The zero-order valence-corrected chi connectivity index (χ0v) is 32.3. The van der Waals surface area contributed by atoms with Gasteiger partial charge in [0.05, 0.1) is 0 Å². The fraction of sp³-hybridized carbons (Fsp3) is 0.132. The number of nitrogens with zero attached hydrogens (tertiary/aromatic N) is 6. The molecule has 12 rings (SSSR count). The molecule has 0 bridgehead atoms. The molecule has 3 aliphatic carbocycles. The topological polar surface area (TPSA) is 77.3 Å². The zero-order valence-electron chi connectivity index (χ0n) is 32.3. The maximum Gasteiger partial charge on any atom is 0.164 e. The average Bonchev–Trinajstić information content (AvgIpc) is 3.31. The minimum absolute atomic E-state index is 0.435. The van der Waals surface area contributed by atoms with Crippen LogP contribution in [0.25, 0.3) is 90.2 Å². The molecular weight excluding hydrogens is 721 g/mol. The summed E-state index contributed by atoms with van der Waals surface area (Å²) in [6.45, 7) is 0. The van der Waals surface area contributed by atoms with Crippen LogP contribution in [0, 0.1) is 17.8 Å². The lowest BCUT2D eigenvalue weighted by Crippen LogP contribution is -2.71. The first-order valence-corrected chi connectivity index (χ1v) is 20.6. The summed E-state index contributed by atoms with van der Waals surface area (Å²) < 4.78 is 0. The molecule has 0 radical (unpaired) electrons. The van der Waals surface area contributed by atoms with Gasteiger partial charge in [0.25, 0.3) is 0 Å². The molecule has 2 unspecified atom stereocenters. The van der Waals surface area contributed by atoms with Crippen LogP contribution in [0.5, 0.6) is 0 Å². The monoisotopic (exact) mass is 758 g/mol. The summed E-state index contributed by atoms with van der Waals surface area (Å²) in [7, 11) is 0. The maximum atomic E-state index is 5.07. The van der Waals surface area contributed by atoms with E-state index >= 15 is 0 Å². The van der Waals surface area contributed by atoms with Gasteiger partial charge in [0, 0.05) is 33.4 Å². The second-order valence-electron chi connectivity index (χ2n) is 16.5. The maximum absolute atomic E-state index is 5.07. The Labute approximate surface area is 342 Å². The van der Waals surface area contributed by atoms with E-state index in [1.165, 1.54) is 30.2 Å². The van der Waals surface area contributed by atoms with E-state index in [0.717, 1.165) is 67.6 Å². The van der Waals surface area contributed by atoms with Crippen LogP contribution >= 0.6 is 0 Å². The molecule has 280 valence electrons. The Bertz CT molecular complexity index is 3020. The molecule has 3 fully saturated rings. The Hall–Kier alpha value is -7.18. The Morgan fingerprint density at radius 3 is 1.27 bits per heavy atom. The summed E-state index contributed by atoms with van der Waals surface area (Å²) >= 11 is 0. The van der Waals surface area contributed by atoms with Gasteiger partial charge in [-0.3, -0.25) is 0 Å². The minimum Gasteiger partial charge on any atom is -0.208 e. The van der Waals surface area contributed by atoms with Crippen LogP contribution in [-0.4, -0.2) is 29.9 Å². The van der Waals surface area contributed by atoms with E-state index in [1.807, 2.05) is 48.5 Å². The van der Waals surface area contributed by atoms with Crippen molar-refractivity contribution in [1.82, 2.24) is 29.9 Å². The minimum atomic E-state index is 0.435. The molecule has 6 nitrogen and oxygen atoms in total. The molecule has 0 spiro atoms. The van der Waals surface area contributed by atoms with Gasteiger partial charge in [-0.05, 0) is 82.0 Å². The Kier molecular flexibility index (Phi) is 7.73. The molecule has 3 aliphatic rings. The molecule has 2 atom stereocenters. The molecule has 2 aromatic heterocycles. The molecule has 0 saturated heterocycles. The third kappa shape index (κ3) is 5.78. The summed E-state index contributed by atoms with van der Waals surface area (Å²) in [5.41, 5.74) is 9.75. The Morgan fingerprint density at radius 2 is 0.729 bits per heavy atom. The number of benzene rings is 7. The van der Waals surface area contributed by atoms with Crippen molar-refractivity contribution >= 4 is 10.8 Å². The fourth-order valence-corrected chi connectivity index (χ4v) is 10.2. The third-order valence-electron chi connectivity index (χ3n) is 13.2. The normalized spacial score (nSPS) is 19.9. The third-order valence-corrected chi connectivity index (χ3v) is 13.2. The lowest BCUT2D eigenvalue weighted by Gasteiger charge is -2.76. The molecule has 3 saturated carbocycles. The van der Waals surface area contributed by atoms with Crippen LogP contribution in [0.3, 0.4) is 0 Å². The molecule has 2 heterocycles. The van der Waals surface area contributed by atoms with E-state index < -0.39 is 0 Å². The van der Waals surface area contributed by atoms with Crippen molar-refractivity contribution in [3.8, 4) is 79.5 Å². The van der Waals surface area contributed by atoms with Crippen LogP contribution in [-0.2, 0) is 5.41 Å². The largest absolute Gasteiger partial charge is 0.208 e. The smallest absolute Gasteiger partial charge is 0.164 e. The van der Waals surface area contributed by atoms with E-state index in [9.17, 15) is 0 Å². The van der Waals surface area contributed by atoms with Crippen LogP contribution in [0.1, 0.15) is 24.8 Å². The highest BCUT2D eigenvalue weighted by Gasteiger charge is 2.71. The van der Waals surface area contributed by atoms with Gasteiger partial charge in [-0.15, -0.1) is 0 Å². The second-order valence-corrected chi connectivity index (χ2v) is 16.5. The highest BCUT2D eigenvalue weighted by molar-refractivity contribution is 5.87. The van der Waals surface area contributed by atoms with Crippen LogP contribution in [0.2, 0.25) is 0 Å². The second kappa shape index (κ2) is 13.5. The molecule has 0 N–H and O–H groups in total. The van der Waals surface area contributed by atoms with Crippen molar-refractivity contribution in [1.29, 1.82) is 0 Å². The highest BCUT2D eigenvalue weighted by Crippen LogP contribution is 2.77. The van der Waals surface area contributed by atoms with Crippen LogP contribution in [0.15, 0.2) is 176 Å². The van der Waals surface area contributed by atoms with E-state index in [2.05, 4.69) is 127 Å². The van der Waals surface area contributed by atoms with Gasteiger partial charge < -0.3 is 0 Å². The van der Waals surface area contributed by atoms with Crippen LogP contribution < -0.4 is 0 Å². The SMILES string of the molecule is c1ccc(-c2nc(-c3ccc(-c4cccc(-c5nc(-c6ccccc6)nc(-c6ccc7ccccc7c6)n5)c4)cc3)nc(-c3ccc(C45CC6CC(C4)C65)cc3)n2)cc1. The lowest BCUT2D eigenvalue weighted by atomic mass is 9.28. The average molecular weight is 759 g/mol. The van der Waals surface area contributed by atoms with Crippen LogP contribution in [0.4, 0.5) is 0 Å². The van der Waals surface area contributed by atoms with Gasteiger partial charge in [-0.25, -0.2) is 29.9 Å². The predicted molar refractivity (Wildman–Crippen MR) is 235 cm³/mol. The van der Waals surface area contributed by atoms with Crippen molar-refractivity contribution in [2.75, 3.05) is 0 Å². The van der Waals surface area contributed by atoms with Gasteiger partial charge in [-0.2, -0.15) is 0 Å². The van der Waals surface area contributed by atoms with E-state index in [1.54, 1.807) is 0 Å². The van der Waals surface area contributed by atoms with Crippen molar-refractivity contribution in [3.63, 3.8) is 0 Å². The number of hydrogen-bond acceptors (Lipinski definition) is 6. The molecule has 0 aliphatic heterocycles. The molecular formula is C53H38N6. The van der Waals surface area contributed by atoms with Crippen molar-refractivity contribution < 1.29 is 0 Å². The molecule has 9 aromatic rings. The van der Waals surface area contributed by atoms with Crippen molar-refractivity contribution in [2.24, 2.45) is 17.8 Å². The van der Waals surface area contributed by atoms with Gasteiger partial charge in [0.1, 0.15) is 0 Å². The predicted octanol–water partition coefficient (Wildman–Crippen LogP) is 12.2. The molecule has 59 heavy (non-hydrogen) atoms. The van der Waals surface area contributed by atoms with Crippen molar-refractivity contribution in [3.05, 3.63) is 181 Å². The van der Waals surface area contributed by atoms with Gasteiger partial charge >= 0.3 is 0 Å². The Balaban J connectivity index is 0.879. The molecule has 7 aromatic carbocycles. The van der Waals surface area contributed by atoms with E-state index in [4.69, 9.17) is 29.9 Å². The fourth-order valence-electron chi connectivity index (χ4n) is 10.2. The summed E-state index contributed by atoms with van der Waals surface area (Å²) in [5, 5.41) is 2.32. The van der Waals surface area contributed by atoms with Gasteiger partial charge in [0.15, 0.2) is 34.9 Å². The molecule has 6 heteroatoms. The first kappa shape index (κ1) is 33.9. The van der Waals surface area contributed by atoms with Gasteiger partial charge in [-0.1, -0.05) is 164 Å². The summed E-state index contributed by atoms with van der Waals surface area (Å²) in [5.74, 6) is 6.77. The first-order valence-electron chi connectivity index (χ1n) is 20.6. The van der Waals surface area contributed by atoms with Crippen molar-refractivity contribution in [2.45, 2.75) is 24.7 Å². The Morgan fingerprint density at radius 1 is 0.322 bits per heavy atom.